The van der Waals surface area contributed by atoms with E-state index in [0.29, 0.717) is 5.69 Å². The van der Waals surface area contributed by atoms with Crippen molar-refractivity contribution in [2.75, 3.05) is 11.4 Å². The van der Waals surface area contributed by atoms with Crippen molar-refractivity contribution < 1.29 is 14.7 Å². The summed E-state index contributed by atoms with van der Waals surface area (Å²) < 4.78 is 0. The molecule has 0 bridgehead atoms. The number of thiophene rings is 1. The Labute approximate surface area is 127 Å². The number of hydrogen-bond donors (Lipinski definition) is 1. The van der Waals surface area contributed by atoms with Gasteiger partial charge in [-0.05, 0) is 36.6 Å². The molecule has 0 unspecified atom stereocenters. The van der Waals surface area contributed by atoms with Crippen LogP contribution in [0.4, 0.5) is 5.69 Å². The van der Waals surface area contributed by atoms with Crippen molar-refractivity contribution in [1.29, 1.82) is 0 Å². The van der Waals surface area contributed by atoms with E-state index in [0.717, 1.165) is 10.4 Å². The maximum atomic E-state index is 12.2. The summed E-state index contributed by atoms with van der Waals surface area (Å²) in [6.45, 7) is 1.57. The van der Waals surface area contributed by atoms with Crippen molar-refractivity contribution in [2.45, 2.75) is 6.92 Å². The van der Waals surface area contributed by atoms with Crippen LogP contribution in [0.1, 0.15) is 10.4 Å². The molecule has 1 aromatic heterocycles. The zero-order chi connectivity index (χ0) is 15.2. The maximum Gasteiger partial charge on any atom is 0.323 e. The molecule has 0 fully saturated rings. The van der Waals surface area contributed by atoms with Crippen molar-refractivity contribution in [3.8, 4) is 0 Å². The molecule has 108 valence electrons. The molecule has 1 N–H and O–H groups in total. The monoisotopic (exact) mass is 301 g/mol. The summed E-state index contributed by atoms with van der Waals surface area (Å²) in [6, 6.07) is 11.0. The number of nitrogens with zero attached hydrogens (tertiary/aromatic N) is 1. The quantitative estimate of drug-likeness (QED) is 0.863. The van der Waals surface area contributed by atoms with E-state index in [9.17, 15) is 9.59 Å². The summed E-state index contributed by atoms with van der Waals surface area (Å²) in [5, 5.41) is 10.9. The lowest BCUT2D eigenvalue weighted by Crippen LogP contribution is -2.34. The molecule has 0 atom stereocenters. The second kappa shape index (κ2) is 6.85. The van der Waals surface area contributed by atoms with Crippen LogP contribution in [0.3, 0.4) is 0 Å². The van der Waals surface area contributed by atoms with Crippen LogP contribution >= 0.6 is 11.3 Å². The molecule has 0 saturated carbocycles. The molecular weight excluding hydrogens is 286 g/mol. The predicted octanol–water partition coefficient (Wildman–Crippen LogP) is 3.19. The van der Waals surface area contributed by atoms with Crippen molar-refractivity contribution in [3.05, 3.63) is 58.3 Å². The lowest BCUT2D eigenvalue weighted by atomic mass is 10.2. The number of carbonyl (C=O) groups is 2. The van der Waals surface area contributed by atoms with E-state index >= 15 is 0 Å². The van der Waals surface area contributed by atoms with Gasteiger partial charge in [0.1, 0.15) is 6.54 Å². The second-order valence-electron chi connectivity index (χ2n) is 4.50. The largest absolute Gasteiger partial charge is 0.480 e. The molecule has 0 saturated heterocycles. The Morgan fingerprint density at radius 2 is 1.95 bits per heavy atom. The number of carbonyl (C=O) groups excluding carboxylic acids is 1. The molecule has 0 radical (unpaired) electrons. The Kier molecular flexibility index (Phi) is 4.90. The Balaban J connectivity index is 2.20. The minimum Gasteiger partial charge on any atom is -0.480 e. The van der Waals surface area contributed by atoms with Gasteiger partial charge in [0.25, 0.3) is 5.91 Å². The topological polar surface area (TPSA) is 57.6 Å². The van der Waals surface area contributed by atoms with Crippen LogP contribution in [0, 0.1) is 6.92 Å². The number of hydrogen-bond acceptors (Lipinski definition) is 3. The third-order valence-corrected chi connectivity index (χ3v) is 3.68. The molecule has 1 amide bonds. The molecule has 1 heterocycles. The number of anilines is 1. The standard InChI is InChI=1S/C16H15NO3S/c1-12-4-6-13(7-5-12)17(11-16(19)20)15(18)9-8-14-3-2-10-21-14/h2-10H,11H2,1H3,(H,19,20)/b9-8+. The van der Waals surface area contributed by atoms with Gasteiger partial charge < -0.3 is 5.11 Å². The first-order valence-electron chi connectivity index (χ1n) is 6.38. The fraction of sp³-hybridized carbons (Fsp3) is 0.125. The summed E-state index contributed by atoms with van der Waals surface area (Å²) in [6.07, 6.45) is 3.09. The highest BCUT2D eigenvalue weighted by atomic mass is 32.1. The highest BCUT2D eigenvalue weighted by molar-refractivity contribution is 7.10. The van der Waals surface area contributed by atoms with Gasteiger partial charge in [0.15, 0.2) is 0 Å². The molecule has 0 spiro atoms. The summed E-state index contributed by atoms with van der Waals surface area (Å²) in [4.78, 5) is 25.4. The van der Waals surface area contributed by atoms with Crippen LogP contribution in [0.25, 0.3) is 6.08 Å². The number of aryl methyl sites for hydroxylation is 1. The molecule has 21 heavy (non-hydrogen) atoms. The SMILES string of the molecule is Cc1ccc(N(CC(=O)O)C(=O)/C=C/c2cccs2)cc1. The van der Waals surface area contributed by atoms with Gasteiger partial charge in [-0.3, -0.25) is 14.5 Å². The van der Waals surface area contributed by atoms with Crippen LogP contribution in [0.5, 0.6) is 0 Å². The molecule has 0 aliphatic rings. The maximum absolute atomic E-state index is 12.2. The van der Waals surface area contributed by atoms with Crippen LogP contribution in [-0.2, 0) is 9.59 Å². The Morgan fingerprint density at radius 1 is 1.24 bits per heavy atom. The first-order chi connectivity index (χ1) is 10.1. The molecule has 2 aromatic rings. The number of carboxylic acid groups (broad SMARTS) is 1. The van der Waals surface area contributed by atoms with Crippen molar-refractivity contribution in [1.82, 2.24) is 0 Å². The summed E-state index contributed by atoms with van der Waals surface area (Å²) >= 11 is 1.51. The minimum atomic E-state index is -1.05. The van der Waals surface area contributed by atoms with Gasteiger partial charge in [-0.2, -0.15) is 0 Å². The molecule has 4 nitrogen and oxygen atoms in total. The lowest BCUT2D eigenvalue weighted by Gasteiger charge is -2.19. The van der Waals surface area contributed by atoms with Gasteiger partial charge in [-0.25, -0.2) is 0 Å². The smallest absolute Gasteiger partial charge is 0.323 e. The van der Waals surface area contributed by atoms with E-state index < -0.39 is 5.97 Å². The zero-order valence-electron chi connectivity index (χ0n) is 11.5. The third-order valence-electron chi connectivity index (χ3n) is 2.84. The van der Waals surface area contributed by atoms with Crippen molar-refractivity contribution in [2.24, 2.45) is 0 Å². The van der Waals surface area contributed by atoms with E-state index in [4.69, 9.17) is 5.11 Å². The number of aliphatic carboxylic acids is 1. The van der Waals surface area contributed by atoms with Gasteiger partial charge in [0, 0.05) is 16.6 Å². The second-order valence-corrected chi connectivity index (χ2v) is 5.48. The number of benzene rings is 1. The van der Waals surface area contributed by atoms with Crippen molar-refractivity contribution in [3.63, 3.8) is 0 Å². The fourth-order valence-corrected chi connectivity index (χ4v) is 2.40. The summed E-state index contributed by atoms with van der Waals surface area (Å²) in [5.41, 5.74) is 1.62. The van der Waals surface area contributed by atoms with Crippen molar-refractivity contribution >= 4 is 35.0 Å². The Morgan fingerprint density at radius 3 is 2.52 bits per heavy atom. The lowest BCUT2D eigenvalue weighted by molar-refractivity contribution is -0.136. The average Bonchev–Trinajstić information content (AvgIpc) is 2.96. The van der Waals surface area contributed by atoms with Crippen LogP contribution in [0.15, 0.2) is 47.9 Å². The van der Waals surface area contributed by atoms with Gasteiger partial charge in [-0.15, -0.1) is 11.3 Å². The molecular formula is C16H15NO3S. The molecule has 5 heteroatoms. The Bertz CT molecular complexity index is 645. The van der Waals surface area contributed by atoms with Crippen LogP contribution in [0.2, 0.25) is 0 Å². The average molecular weight is 301 g/mol. The summed E-state index contributed by atoms with van der Waals surface area (Å²) in [7, 11) is 0. The van der Waals surface area contributed by atoms with E-state index in [2.05, 4.69) is 0 Å². The first-order valence-corrected chi connectivity index (χ1v) is 7.26. The van der Waals surface area contributed by atoms with E-state index in [1.165, 1.54) is 22.3 Å². The Hall–Kier alpha value is -2.40. The highest BCUT2D eigenvalue weighted by Gasteiger charge is 2.16. The minimum absolute atomic E-state index is 0.352. The van der Waals surface area contributed by atoms with E-state index in [-0.39, 0.29) is 12.5 Å². The molecule has 0 aliphatic carbocycles. The predicted molar refractivity (Wildman–Crippen MR) is 84.5 cm³/mol. The molecule has 0 aliphatic heterocycles. The summed E-state index contributed by atoms with van der Waals surface area (Å²) in [5.74, 6) is -1.40. The highest BCUT2D eigenvalue weighted by Crippen LogP contribution is 2.16. The van der Waals surface area contributed by atoms with Crippen LogP contribution < -0.4 is 4.90 Å². The third kappa shape index (κ3) is 4.29. The van der Waals surface area contributed by atoms with Gasteiger partial charge in [0.2, 0.25) is 0 Å². The van der Waals surface area contributed by atoms with E-state index in [1.807, 2.05) is 36.6 Å². The zero-order valence-corrected chi connectivity index (χ0v) is 12.3. The van der Waals surface area contributed by atoms with Gasteiger partial charge >= 0.3 is 5.97 Å². The number of rotatable bonds is 5. The van der Waals surface area contributed by atoms with Gasteiger partial charge in [0.05, 0.1) is 0 Å². The fourth-order valence-electron chi connectivity index (χ4n) is 1.79. The van der Waals surface area contributed by atoms with Gasteiger partial charge in [-0.1, -0.05) is 23.8 Å². The molecule has 2 rings (SSSR count). The first kappa shape index (κ1) is 15.0. The molecule has 1 aromatic carbocycles. The normalized spacial score (nSPS) is 10.7. The van der Waals surface area contributed by atoms with E-state index in [1.54, 1.807) is 18.2 Å². The van der Waals surface area contributed by atoms with Crippen LogP contribution in [-0.4, -0.2) is 23.5 Å². The number of carboxylic acids is 1. The number of amides is 1.